The summed E-state index contributed by atoms with van der Waals surface area (Å²) in [4.78, 5) is 26.8. The summed E-state index contributed by atoms with van der Waals surface area (Å²) in [7, 11) is 1.66. The fourth-order valence-electron chi connectivity index (χ4n) is 3.68. The van der Waals surface area contributed by atoms with Crippen LogP contribution in [0.25, 0.3) is 0 Å². The Morgan fingerprint density at radius 3 is 2.37 bits per heavy atom. The van der Waals surface area contributed by atoms with E-state index in [-0.39, 0.29) is 17.7 Å². The molecule has 2 aromatic rings. The first-order valence-electron chi connectivity index (χ1n) is 10.5. The highest BCUT2D eigenvalue weighted by Crippen LogP contribution is 2.19. The number of hydrogen-bond acceptors (Lipinski definition) is 4. The van der Waals surface area contributed by atoms with E-state index >= 15 is 0 Å². The van der Waals surface area contributed by atoms with Crippen LogP contribution in [0.2, 0.25) is 0 Å². The number of likely N-dealkylation sites (tertiary alicyclic amines) is 1. The molecule has 1 saturated heterocycles. The van der Waals surface area contributed by atoms with Gasteiger partial charge in [-0.1, -0.05) is 42.5 Å². The van der Waals surface area contributed by atoms with Crippen molar-refractivity contribution >= 4 is 11.8 Å². The van der Waals surface area contributed by atoms with Crippen LogP contribution in [0, 0.1) is 5.92 Å². The number of para-hydroxylation sites is 1. The van der Waals surface area contributed by atoms with Crippen LogP contribution in [0.4, 0.5) is 0 Å². The molecule has 0 spiro atoms. The Labute approximate surface area is 178 Å². The van der Waals surface area contributed by atoms with Gasteiger partial charge in [0.1, 0.15) is 5.75 Å². The standard InChI is InChI=1S/C24H30N2O4/c1-29-18-21-8-6-5-7-20(21)17-25-24(28)19-11-14-26(15-12-19)23(27)13-16-30-22-9-3-2-4-10-22/h2-10,19H,11-18H2,1H3,(H,25,28). The first-order valence-corrected chi connectivity index (χ1v) is 10.5. The summed E-state index contributed by atoms with van der Waals surface area (Å²) in [6, 6.07) is 17.4. The van der Waals surface area contributed by atoms with Crippen LogP contribution in [0.15, 0.2) is 54.6 Å². The van der Waals surface area contributed by atoms with E-state index in [1.54, 1.807) is 7.11 Å². The third-order valence-electron chi connectivity index (χ3n) is 5.42. The summed E-state index contributed by atoms with van der Waals surface area (Å²) < 4.78 is 10.8. The number of ether oxygens (including phenoxy) is 2. The van der Waals surface area contributed by atoms with Crippen LogP contribution in [0.1, 0.15) is 30.4 Å². The third-order valence-corrected chi connectivity index (χ3v) is 5.42. The van der Waals surface area contributed by atoms with Crippen LogP contribution in [-0.2, 0) is 27.5 Å². The molecule has 30 heavy (non-hydrogen) atoms. The number of amides is 2. The molecule has 2 aromatic carbocycles. The van der Waals surface area contributed by atoms with Crippen molar-refractivity contribution in [2.45, 2.75) is 32.4 Å². The van der Waals surface area contributed by atoms with E-state index in [0.717, 1.165) is 16.9 Å². The first-order chi connectivity index (χ1) is 14.7. The van der Waals surface area contributed by atoms with Crippen molar-refractivity contribution in [3.63, 3.8) is 0 Å². The number of piperidine rings is 1. The molecule has 6 nitrogen and oxygen atoms in total. The van der Waals surface area contributed by atoms with Crippen molar-refractivity contribution in [2.75, 3.05) is 26.8 Å². The van der Waals surface area contributed by atoms with Gasteiger partial charge < -0.3 is 19.7 Å². The van der Waals surface area contributed by atoms with Gasteiger partial charge in [0, 0.05) is 32.7 Å². The average Bonchev–Trinajstić information content (AvgIpc) is 2.79. The molecule has 0 aliphatic carbocycles. The van der Waals surface area contributed by atoms with Crippen molar-refractivity contribution in [3.8, 4) is 5.75 Å². The first kappa shape index (κ1) is 21.8. The van der Waals surface area contributed by atoms with Gasteiger partial charge in [-0.2, -0.15) is 0 Å². The second-order valence-electron chi connectivity index (χ2n) is 7.49. The Hall–Kier alpha value is -2.86. The van der Waals surface area contributed by atoms with Gasteiger partial charge in [-0.25, -0.2) is 0 Å². The van der Waals surface area contributed by atoms with E-state index in [2.05, 4.69) is 5.32 Å². The fraction of sp³-hybridized carbons (Fsp3) is 0.417. The molecule has 1 N–H and O–H groups in total. The molecule has 0 saturated carbocycles. The number of rotatable bonds is 9. The molecule has 1 aliphatic heterocycles. The predicted molar refractivity (Wildman–Crippen MR) is 115 cm³/mol. The van der Waals surface area contributed by atoms with Crippen molar-refractivity contribution in [2.24, 2.45) is 5.92 Å². The maximum atomic E-state index is 12.6. The van der Waals surface area contributed by atoms with Gasteiger partial charge >= 0.3 is 0 Å². The quantitative estimate of drug-likeness (QED) is 0.690. The van der Waals surface area contributed by atoms with Gasteiger partial charge in [0.15, 0.2) is 0 Å². The molecule has 1 aliphatic rings. The molecule has 0 radical (unpaired) electrons. The van der Waals surface area contributed by atoms with Gasteiger partial charge in [0.25, 0.3) is 0 Å². The molecule has 3 rings (SSSR count). The number of carbonyl (C=O) groups is 2. The maximum absolute atomic E-state index is 12.6. The highest BCUT2D eigenvalue weighted by atomic mass is 16.5. The monoisotopic (exact) mass is 410 g/mol. The Kier molecular flexibility index (Phi) is 8.27. The predicted octanol–water partition coefficient (Wildman–Crippen LogP) is 3.16. The van der Waals surface area contributed by atoms with Crippen LogP contribution < -0.4 is 10.1 Å². The SMILES string of the molecule is COCc1ccccc1CNC(=O)C1CCN(C(=O)CCOc2ccccc2)CC1. The minimum atomic E-state index is -0.0517. The van der Waals surface area contributed by atoms with Crippen LogP contribution in [-0.4, -0.2) is 43.5 Å². The number of carbonyl (C=O) groups excluding carboxylic acids is 2. The normalized spacial score (nSPS) is 14.4. The zero-order chi connectivity index (χ0) is 21.2. The molecule has 0 bridgehead atoms. The summed E-state index contributed by atoms with van der Waals surface area (Å²) in [5.41, 5.74) is 2.15. The number of nitrogens with one attached hydrogen (secondary N) is 1. The molecule has 0 unspecified atom stereocenters. The molecule has 160 valence electrons. The van der Waals surface area contributed by atoms with E-state index in [1.165, 1.54) is 0 Å². The van der Waals surface area contributed by atoms with E-state index in [1.807, 2.05) is 59.5 Å². The van der Waals surface area contributed by atoms with Gasteiger partial charge in [0.05, 0.1) is 19.6 Å². The van der Waals surface area contributed by atoms with Crippen LogP contribution in [0.5, 0.6) is 5.75 Å². The largest absolute Gasteiger partial charge is 0.493 e. The van der Waals surface area contributed by atoms with Gasteiger partial charge in [-0.3, -0.25) is 9.59 Å². The molecule has 1 heterocycles. The molecular formula is C24H30N2O4. The zero-order valence-corrected chi connectivity index (χ0v) is 17.5. The maximum Gasteiger partial charge on any atom is 0.225 e. The molecule has 1 fully saturated rings. The summed E-state index contributed by atoms with van der Waals surface area (Å²) in [6.07, 6.45) is 1.73. The Bertz CT molecular complexity index is 817. The lowest BCUT2D eigenvalue weighted by Crippen LogP contribution is -2.43. The molecule has 0 aromatic heterocycles. The lowest BCUT2D eigenvalue weighted by molar-refractivity contribution is -0.136. The number of nitrogens with zero attached hydrogens (tertiary/aromatic N) is 1. The van der Waals surface area contributed by atoms with E-state index in [0.29, 0.717) is 52.1 Å². The highest BCUT2D eigenvalue weighted by molar-refractivity contribution is 5.80. The Morgan fingerprint density at radius 2 is 1.67 bits per heavy atom. The second-order valence-corrected chi connectivity index (χ2v) is 7.49. The van der Waals surface area contributed by atoms with Crippen LogP contribution >= 0.6 is 0 Å². The summed E-state index contributed by atoms with van der Waals surface area (Å²) >= 11 is 0. The fourth-order valence-corrected chi connectivity index (χ4v) is 3.68. The molecule has 0 atom stereocenters. The van der Waals surface area contributed by atoms with Gasteiger partial charge in [-0.15, -0.1) is 0 Å². The van der Waals surface area contributed by atoms with Gasteiger partial charge in [0.2, 0.25) is 11.8 Å². The number of hydrogen-bond donors (Lipinski definition) is 1. The average molecular weight is 411 g/mol. The minimum absolute atomic E-state index is 0.0517. The van der Waals surface area contributed by atoms with E-state index < -0.39 is 0 Å². The highest BCUT2D eigenvalue weighted by Gasteiger charge is 2.27. The van der Waals surface area contributed by atoms with E-state index in [9.17, 15) is 9.59 Å². The third kappa shape index (κ3) is 6.32. The zero-order valence-electron chi connectivity index (χ0n) is 17.5. The summed E-state index contributed by atoms with van der Waals surface area (Å²) in [5.74, 6) is 0.858. The lowest BCUT2D eigenvalue weighted by Gasteiger charge is -2.31. The van der Waals surface area contributed by atoms with E-state index in [4.69, 9.17) is 9.47 Å². The summed E-state index contributed by atoms with van der Waals surface area (Å²) in [5, 5.41) is 3.05. The Morgan fingerprint density at radius 1 is 1.00 bits per heavy atom. The lowest BCUT2D eigenvalue weighted by atomic mass is 9.95. The van der Waals surface area contributed by atoms with Crippen molar-refractivity contribution in [3.05, 3.63) is 65.7 Å². The van der Waals surface area contributed by atoms with Crippen molar-refractivity contribution < 1.29 is 19.1 Å². The smallest absolute Gasteiger partial charge is 0.225 e. The number of methoxy groups -OCH3 is 1. The molecule has 2 amide bonds. The Balaban J connectivity index is 1.38. The number of benzene rings is 2. The molecular weight excluding hydrogens is 380 g/mol. The van der Waals surface area contributed by atoms with Gasteiger partial charge in [-0.05, 0) is 36.1 Å². The van der Waals surface area contributed by atoms with Crippen molar-refractivity contribution in [1.29, 1.82) is 0 Å². The second kappa shape index (κ2) is 11.4. The van der Waals surface area contributed by atoms with Crippen molar-refractivity contribution in [1.82, 2.24) is 10.2 Å². The summed E-state index contributed by atoms with van der Waals surface area (Å²) in [6.45, 7) is 2.62. The molecule has 6 heteroatoms. The topological polar surface area (TPSA) is 67.9 Å². The van der Waals surface area contributed by atoms with Crippen LogP contribution in [0.3, 0.4) is 0 Å². The minimum Gasteiger partial charge on any atom is -0.493 e.